The standard InChI is InChI=1S/C25H19NO6/c27-23(26-22-5-2-1-4-21(22)25(28)29)16-17-7-9-18(10-8-17)31-19-11-13-20(14-12-19)32-24-6-3-15-30-24/h1-15H,16H2,(H,26,27)(H,28,29). The van der Waals surface area contributed by atoms with Crippen molar-refractivity contribution in [2.45, 2.75) is 6.42 Å². The fourth-order valence-electron chi connectivity index (χ4n) is 2.98. The Labute approximate surface area is 183 Å². The number of benzene rings is 3. The van der Waals surface area contributed by atoms with Gasteiger partial charge in [0.25, 0.3) is 5.95 Å². The maximum absolute atomic E-state index is 12.3. The number of nitrogens with one attached hydrogen (secondary N) is 1. The van der Waals surface area contributed by atoms with E-state index in [4.69, 9.17) is 13.9 Å². The van der Waals surface area contributed by atoms with E-state index in [-0.39, 0.29) is 23.6 Å². The monoisotopic (exact) mass is 429 g/mol. The summed E-state index contributed by atoms with van der Waals surface area (Å²) >= 11 is 0. The number of furan rings is 1. The van der Waals surface area contributed by atoms with E-state index >= 15 is 0 Å². The van der Waals surface area contributed by atoms with Crippen molar-refractivity contribution in [3.63, 3.8) is 0 Å². The highest BCUT2D eigenvalue weighted by Crippen LogP contribution is 2.27. The highest BCUT2D eigenvalue weighted by molar-refractivity contribution is 6.00. The number of rotatable bonds is 8. The summed E-state index contributed by atoms with van der Waals surface area (Å²) in [6.07, 6.45) is 1.64. The molecular weight excluding hydrogens is 410 g/mol. The lowest BCUT2D eigenvalue weighted by atomic mass is 10.1. The number of amides is 1. The minimum absolute atomic E-state index is 0.0465. The second-order valence-corrected chi connectivity index (χ2v) is 6.83. The van der Waals surface area contributed by atoms with Crippen LogP contribution in [0.15, 0.2) is 95.6 Å². The smallest absolute Gasteiger partial charge is 0.337 e. The van der Waals surface area contributed by atoms with Crippen molar-refractivity contribution in [2.24, 2.45) is 0 Å². The van der Waals surface area contributed by atoms with Crippen LogP contribution in [0.1, 0.15) is 15.9 Å². The number of hydrogen-bond acceptors (Lipinski definition) is 5. The average molecular weight is 429 g/mol. The van der Waals surface area contributed by atoms with Crippen molar-refractivity contribution in [3.8, 4) is 23.2 Å². The molecule has 0 aliphatic rings. The molecule has 7 heteroatoms. The van der Waals surface area contributed by atoms with E-state index in [1.165, 1.54) is 12.3 Å². The van der Waals surface area contributed by atoms with Gasteiger partial charge >= 0.3 is 5.97 Å². The van der Waals surface area contributed by atoms with Gasteiger partial charge in [0, 0.05) is 6.07 Å². The number of carbonyl (C=O) groups is 2. The number of para-hydroxylation sites is 1. The van der Waals surface area contributed by atoms with Gasteiger partial charge in [-0.25, -0.2) is 4.79 Å². The summed E-state index contributed by atoms with van der Waals surface area (Å²) in [6.45, 7) is 0. The number of carbonyl (C=O) groups excluding carboxylic acids is 1. The van der Waals surface area contributed by atoms with Crippen LogP contribution in [-0.4, -0.2) is 17.0 Å². The second kappa shape index (κ2) is 9.53. The second-order valence-electron chi connectivity index (χ2n) is 6.83. The SMILES string of the molecule is O=C(Cc1ccc(Oc2ccc(Oc3ccco3)cc2)cc1)Nc1ccccc1C(=O)O. The summed E-state index contributed by atoms with van der Waals surface area (Å²) in [5, 5.41) is 11.9. The number of carboxylic acids is 1. The fourth-order valence-corrected chi connectivity index (χ4v) is 2.98. The van der Waals surface area contributed by atoms with Gasteiger partial charge in [0.1, 0.15) is 17.2 Å². The molecule has 0 unspecified atom stereocenters. The van der Waals surface area contributed by atoms with Crippen molar-refractivity contribution in [1.82, 2.24) is 0 Å². The molecule has 1 amide bonds. The van der Waals surface area contributed by atoms with Gasteiger partial charge in [-0.1, -0.05) is 24.3 Å². The number of ether oxygens (including phenoxy) is 2. The van der Waals surface area contributed by atoms with Crippen LogP contribution in [0, 0.1) is 0 Å². The van der Waals surface area contributed by atoms with Gasteiger partial charge in [0.15, 0.2) is 0 Å². The van der Waals surface area contributed by atoms with E-state index in [0.29, 0.717) is 23.2 Å². The molecule has 160 valence electrons. The molecule has 7 nitrogen and oxygen atoms in total. The Balaban J connectivity index is 1.33. The molecule has 0 aliphatic heterocycles. The Bertz CT molecular complexity index is 1200. The summed E-state index contributed by atoms with van der Waals surface area (Å²) < 4.78 is 16.5. The van der Waals surface area contributed by atoms with Crippen molar-refractivity contribution in [3.05, 3.63) is 102 Å². The van der Waals surface area contributed by atoms with Gasteiger partial charge in [0.2, 0.25) is 5.91 Å². The minimum atomic E-state index is -1.09. The zero-order chi connectivity index (χ0) is 22.3. The number of hydrogen-bond donors (Lipinski definition) is 2. The molecule has 0 aliphatic carbocycles. The largest absolute Gasteiger partial charge is 0.478 e. The first-order valence-corrected chi connectivity index (χ1v) is 9.77. The fraction of sp³-hybridized carbons (Fsp3) is 0.0400. The molecule has 0 fully saturated rings. The Kier molecular flexibility index (Phi) is 6.17. The maximum atomic E-state index is 12.3. The maximum Gasteiger partial charge on any atom is 0.337 e. The number of carboxylic acid groups (broad SMARTS) is 1. The summed E-state index contributed by atoms with van der Waals surface area (Å²) in [4.78, 5) is 23.6. The van der Waals surface area contributed by atoms with Crippen LogP contribution in [-0.2, 0) is 11.2 Å². The highest BCUT2D eigenvalue weighted by Gasteiger charge is 2.12. The summed E-state index contributed by atoms with van der Waals surface area (Å²) in [5.74, 6) is 0.878. The third-order valence-corrected chi connectivity index (χ3v) is 4.49. The lowest BCUT2D eigenvalue weighted by molar-refractivity contribution is -0.115. The normalized spacial score (nSPS) is 10.4. The topological polar surface area (TPSA) is 98.0 Å². The predicted octanol–water partition coefficient (Wildman–Crippen LogP) is 5.74. The third-order valence-electron chi connectivity index (χ3n) is 4.49. The van der Waals surface area contributed by atoms with E-state index in [1.54, 1.807) is 78.9 Å². The Morgan fingerprint density at radius 2 is 1.41 bits per heavy atom. The lowest BCUT2D eigenvalue weighted by Crippen LogP contribution is -2.16. The van der Waals surface area contributed by atoms with Crippen molar-refractivity contribution in [1.29, 1.82) is 0 Å². The zero-order valence-electron chi connectivity index (χ0n) is 16.9. The van der Waals surface area contributed by atoms with Crippen LogP contribution < -0.4 is 14.8 Å². The highest BCUT2D eigenvalue weighted by atomic mass is 16.6. The molecule has 0 spiro atoms. The summed E-state index contributed by atoms with van der Waals surface area (Å²) in [6, 6.07) is 23.9. The van der Waals surface area contributed by atoms with E-state index < -0.39 is 5.97 Å². The molecule has 4 aromatic rings. The van der Waals surface area contributed by atoms with Gasteiger partial charge < -0.3 is 24.3 Å². The molecule has 32 heavy (non-hydrogen) atoms. The molecular formula is C25H19NO6. The van der Waals surface area contributed by atoms with Gasteiger partial charge in [-0.05, 0) is 60.2 Å². The van der Waals surface area contributed by atoms with Crippen LogP contribution in [0.5, 0.6) is 23.2 Å². The summed E-state index contributed by atoms with van der Waals surface area (Å²) in [7, 11) is 0. The van der Waals surface area contributed by atoms with Crippen LogP contribution in [0.3, 0.4) is 0 Å². The first kappa shape index (κ1) is 20.7. The first-order valence-electron chi connectivity index (χ1n) is 9.77. The molecule has 0 saturated heterocycles. The zero-order valence-corrected chi connectivity index (χ0v) is 16.9. The van der Waals surface area contributed by atoms with E-state index in [9.17, 15) is 14.7 Å². The van der Waals surface area contributed by atoms with Crippen molar-refractivity contribution in [2.75, 3.05) is 5.32 Å². The molecule has 0 radical (unpaired) electrons. The third kappa shape index (κ3) is 5.34. The molecule has 0 saturated carbocycles. The first-order chi connectivity index (χ1) is 15.6. The van der Waals surface area contributed by atoms with Crippen LogP contribution in [0.4, 0.5) is 5.69 Å². The van der Waals surface area contributed by atoms with Gasteiger partial charge in [-0.2, -0.15) is 0 Å². The molecule has 3 aromatic carbocycles. The Morgan fingerprint density at radius 1 is 0.781 bits per heavy atom. The van der Waals surface area contributed by atoms with Crippen molar-refractivity contribution < 1.29 is 28.6 Å². The van der Waals surface area contributed by atoms with Crippen LogP contribution in [0.2, 0.25) is 0 Å². The molecule has 0 atom stereocenters. The van der Waals surface area contributed by atoms with Crippen LogP contribution >= 0.6 is 0 Å². The number of anilines is 1. The Morgan fingerprint density at radius 3 is 2.03 bits per heavy atom. The molecule has 2 N–H and O–H groups in total. The molecule has 1 aromatic heterocycles. The molecule has 0 bridgehead atoms. The van der Waals surface area contributed by atoms with E-state index in [2.05, 4.69) is 5.32 Å². The van der Waals surface area contributed by atoms with Gasteiger partial charge in [0.05, 0.1) is 23.9 Å². The molecule has 1 heterocycles. The molecule has 4 rings (SSSR count). The Hall–Kier alpha value is -4.52. The van der Waals surface area contributed by atoms with E-state index in [1.807, 2.05) is 0 Å². The predicted molar refractivity (Wildman–Crippen MR) is 117 cm³/mol. The van der Waals surface area contributed by atoms with Gasteiger partial charge in [-0.15, -0.1) is 0 Å². The van der Waals surface area contributed by atoms with Crippen molar-refractivity contribution >= 4 is 17.6 Å². The average Bonchev–Trinajstić information content (AvgIpc) is 3.30. The minimum Gasteiger partial charge on any atom is -0.478 e. The summed E-state index contributed by atoms with van der Waals surface area (Å²) in [5.41, 5.74) is 1.08. The van der Waals surface area contributed by atoms with Crippen LogP contribution in [0.25, 0.3) is 0 Å². The lowest BCUT2D eigenvalue weighted by Gasteiger charge is -2.09. The van der Waals surface area contributed by atoms with E-state index in [0.717, 1.165) is 5.56 Å². The number of aromatic carboxylic acids is 1. The van der Waals surface area contributed by atoms with Gasteiger partial charge in [-0.3, -0.25) is 4.79 Å². The quantitative estimate of drug-likeness (QED) is 0.370.